The molecule has 1 unspecified atom stereocenters. The van der Waals surface area contributed by atoms with Crippen molar-refractivity contribution in [2.75, 3.05) is 11.9 Å². The van der Waals surface area contributed by atoms with Gasteiger partial charge in [-0.05, 0) is 29.3 Å². The van der Waals surface area contributed by atoms with E-state index in [0.717, 1.165) is 17.8 Å². The Morgan fingerprint density at radius 1 is 1.20 bits per heavy atom. The van der Waals surface area contributed by atoms with Gasteiger partial charge in [0.15, 0.2) is 0 Å². The summed E-state index contributed by atoms with van der Waals surface area (Å²) in [7, 11) is 0. The van der Waals surface area contributed by atoms with Crippen LogP contribution < -0.4 is 5.32 Å². The summed E-state index contributed by atoms with van der Waals surface area (Å²) in [5.74, 6) is 0.550. The third kappa shape index (κ3) is 2.86. The molecular formula is C17H16ClNO. The van der Waals surface area contributed by atoms with Gasteiger partial charge in [0, 0.05) is 36.0 Å². The highest BCUT2D eigenvalue weighted by molar-refractivity contribution is 6.30. The standard InChI is InChI=1S/C17H16ClNO/c18-14-5-3-4-12(8-14)9-15(20)10-13-11-19-17-7-2-1-6-16(13)17/h1-8,13,19H,9-11H2. The highest BCUT2D eigenvalue weighted by atomic mass is 35.5. The fourth-order valence-electron chi connectivity index (χ4n) is 2.76. The molecule has 0 radical (unpaired) electrons. The first-order valence-electron chi connectivity index (χ1n) is 6.81. The molecule has 3 heteroatoms. The summed E-state index contributed by atoms with van der Waals surface area (Å²) >= 11 is 5.94. The van der Waals surface area contributed by atoms with Gasteiger partial charge in [-0.2, -0.15) is 0 Å². The number of benzene rings is 2. The summed E-state index contributed by atoms with van der Waals surface area (Å²) in [5.41, 5.74) is 3.40. The molecule has 1 heterocycles. The molecular weight excluding hydrogens is 270 g/mol. The maximum atomic E-state index is 12.2. The van der Waals surface area contributed by atoms with Gasteiger partial charge >= 0.3 is 0 Å². The Kier molecular flexibility index (Phi) is 3.75. The van der Waals surface area contributed by atoms with E-state index in [2.05, 4.69) is 17.4 Å². The smallest absolute Gasteiger partial charge is 0.137 e. The van der Waals surface area contributed by atoms with Crippen LogP contribution in [0.2, 0.25) is 5.02 Å². The van der Waals surface area contributed by atoms with Crippen LogP contribution in [0.25, 0.3) is 0 Å². The largest absolute Gasteiger partial charge is 0.384 e. The van der Waals surface area contributed by atoms with E-state index >= 15 is 0 Å². The summed E-state index contributed by atoms with van der Waals surface area (Å²) in [6, 6.07) is 15.7. The van der Waals surface area contributed by atoms with Crippen molar-refractivity contribution >= 4 is 23.1 Å². The molecule has 20 heavy (non-hydrogen) atoms. The molecule has 0 fully saturated rings. The lowest BCUT2D eigenvalue weighted by atomic mass is 9.93. The number of hydrogen-bond acceptors (Lipinski definition) is 2. The summed E-state index contributed by atoms with van der Waals surface area (Å²) in [5, 5.41) is 4.04. The van der Waals surface area contributed by atoms with Crippen molar-refractivity contribution < 1.29 is 4.79 Å². The Morgan fingerprint density at radius 3 is 2.90 bits per heavy atom. The van der Waals surface area contributed by atoms with Crippen LogP contribution in [-0.4, -0.2) is 12.3 Å². The zero-order valence-corrected chi connectivity index (χ0v) is 11.9. The molecule has 102 valence electrons. The van der Waals surface area contributed by atoms with Crippen molar-refractivity contribution in [2.45, 2.75) is 18.8 Å². The number of fused-ring (bicyclic) bond motifs is 1. The van der Waals surface area contributed by atoms with Crippen LogP contribution in [0.1, 0.15) is 23.5 Å². The first-order chi connectivity index (χ1) is 9.72. The molecule has 1 aliphatic heterocycles. The predicted molar refractivity (Wildman–Crippen MR) is 82.5 cm³/mol. The maximum Gasteiger partial charge on any atom is 0.137 e. The lowest BCUT2D eigenvalue weighted by Crippen LogP contribution is -2.11. The third-order valence-corrected chi connectivity index (χ3v) is 3.94. The van der Waals surface area contributed by atoms with Gasteiger partial charge in [0.25, 0.3) is 0 Å². The monoisotopic (exact) mass is 285 g/mol. The molecule has 2 nitrogen and oxygen atoms in total. The molecule has 1 aliphatic rings. The van der Waals surface area contributed by atoms with E-state index < -0.39 is 0 Å². The van der Waals surface area contributed by atoms with Crippen LogP contribution in [0.3, 0.4) is 0 Å². The minimum Gasteiger partial charge on any atom is -0.384 e. The number of hydrogen-bond donors (Lipinski definition) is 1. The van der Waals surface area contributed by atoms with E-state index in [1.165, 1.54) is 5.56 Å². The lowest BCUT2D eigenvalue weighted by molar-refractivity contribution is -0.118. The normalized spacial score (nSPS) is 16.6. The van der Waals surface area contributed by atoms with Crippen molar-refractivity contribution in [2.24, 2.45) is 0 Å². The second-order valence-corrected chi connectivity index (χ2v) is 5.65. The Labute approximate surface area is 123 Å². The number of carbonyl (C=O) groups is 1. The van der Waals surface area contributed by atoms with Crippen molar-refractivity contribution in [1.82, 2.24) is 0 Å². The fourth-order valence-corrected chi connectivity index (χ4v) is 2.97. The zero-order chi connectivity index (χ0) is 13.9. The van der Waals surface area contributed by atoms with Gasteiger partial charge in [-0.15, -0.1) is 0 Å². The Balaban J connectivity index is 1.66. The minimum atomic E-state index is 0.260. The quantitative estimate of drug-likeness (QED) is 0.918. The lowest BCUT2D eigenvalue weighted by Gasteiger charge is -2.09. The van der Waals surface area contributed by atoms with E-state index in [4.69, 9.17) is 11.6 Å². The summed E-state index contributed by atoms with van der Waals surface area (Å²) in [6.07, 6.45) is 1.04. The van der Waals surface area contributed by atoms with Gasteiger partial charge in [0.1, 0.15) is 5.78 Å². The van der Waals surface area contributed by atoms with Crippen LogP contribution in [0.15, 0.2) is 48.5 Å². The van der Waals surface area contributed by atoms with Crippen molar-refractivity contribution in [3.63, 3.8) is 0 Å². The number of Topliss-reactive ketones (excluding diaryl/α,β-unsaturated/α-hetero) is 1. The van der Waals surface area contributed by atoms with Gasteiger partial charge in [-0.1, -0.05) is 41.9 Å². The Morgan fingerprint density at radius 2 is 2.05 bits per heavy atom. The SMILES string of the molecule is O=C(Cc1cccc(Cl)c1)CC1CNc2ccccc21. The average Bonchev–Trinajstić information content (AvgIpc) is 2.82. The van der Waals surface area contributed by atoms with E-state index in [0.29, 0.717) is 17.9 Å². The Hall–Kier alpha value is -1.80. The van der Waals surface area contributed by atoms with Crippen LogP contribution in [0.5, 0.6) is 0 Å². The van der Waals surface area contributed by atoms with Gasteiger partial charge in [-0.25, -0.2) is 0 Å². The van der Waals surface area contributed by atoms with Gasteiger partial charge in [0.2, 0.25) is 0 Å². The number of para-hydroxylation sites is 1. The molecule has 0 bridgehead atoms. The van der Waals surface area contributed by atoms with Crippen LogP contribution in [0.4, 0.5) is 5.69 Å². The number of carbonyl (C=O) groups excluding carboxylic acids is 1. The van der Waals surface area contributed by atoms with Gasteiger partial charge in [-0.3, -0.25) is 4.79 Å². The summed E-state index contributed by atoms with van der Waals surface area (Å²) in [4.78, 5) is 12.2. The second kappa shape index (κ2) is 5.68. The summed E-state index contributed by atoms with van der Waals surface area (Å²) in [6.45, 7) is 0.848. The molecule has 0 amide bonds. The minimum absolute atomic E-state index is 0.260. The number of anilines is 1. The zero-order valence-electron chi connectivity index (χ0n) is 11.1. The van der Waals surface area contributed by atoms with Crippen LogP contribution in [0, 0.1) is 0 Å². The van der Waals surface area contributed by atoms with E-state index in [9.17, 15) is 4.79 Å². The molecule has 0 aromatic heterocycles. The first kappa shape index (κ1) is 13.2. The number of ketones is 1. The van der Waals surface area contributed by atoms with Crippen LogP contribution in [-0.2, 0) is 11.2 Å². The van der Waals surface area contributed by atoms with Crippen molar-refractivity contribution in [3.05, 3.63) is 64.7 Å². The molecule has 2 aromatic rings. The Bertz CT molecular complexity index is 638. The van der Waals surface area contributed by atoms with E-state index in [1.807, 2.05) is 36.4 Å². The molecule has 3 rings (SSSR count). The predicted octanol–water partition coefficient (Wildman–Crippen LogP) is 4.05. The third-order valence-electron chi connectivity index (χ3n) is 3.70. The molecule has 1 atom stereocenters. The first-order valence-corrected chi connectivity index (χ1v) is 7.19. The molecule has 0 spiro atoms. The second-order valence-electron chi connectivity index (χ2n) is 5.21. The van der Waals surface area contributed by atoms with E-state index in [1.54, 1.807) is 0 Å². The molecule has 2 aromatic carbocycles. The topological polar surface area (TPSA) is 29.1 Å². The highest BCUT2D eigenvalue weighted by Gasteiger charge is 2.23. The summed E-state index contributed by atoms with van der Waals surface area (Å²) < 4.78 is 0. The highest BCUT2D eigenvalue weighted by Crippen LogP contribution is 2.33. The average molecular weight is 286 g/mol. The molecule has 0 saturated carbocycles. The van der Waals surface area contributed by atoms with Crippen molar-refractivity contribution in [1.29, 1.82) is 0 Å². The van der Waals surface area contributed by atoms with Gasteiger partial charge < -0.3 is 5.32 Å². The number of halogens is 1. The molecule has 0 saturated heterocycles. The molecule has 1 N–H and O–H groups in total. The van der Waals surface area contributed by atoms with Crippen molar-refractivity contribution in [3.8, 4) is 0 Å². The van der Waals surface area contributed by atoms with E-state index in [-0.39, 0.29) is 11.7 Å². The van der Waals surface area contributed by atoms with Crippen LogP contribution >= 0.6 is 11.6 Å². The molecule has 0 aliphatic carbocycles. The number of rotatable bonds is 4. The maximum absolute atomic E-state index is 12.2. The fraction of sp³-hybridized carbons (Fsp3) is 0.235. The number of nitrogens with one attached hydrogen (secondary N) is 1. The van der Waals surface area contributed by atoms with Gasteiger partial charge in [0.05, 0.1) is 0 Å².